The number of nitrogens with one attached hydrogen (secondary N) is 1. The smallest absolute Gasteiger partial charge is 0.332 e. The van der Waals surface area contributed by atoms with Gasteiger partial charge < -0.3 is 15.6 Å². The molecule has 16 heavy (non-hydrogen) atoms. The average molecular weight is 335 g/mol. The summed E-state index contributed by atoms with van der Waals surface area (Å²) in [5.41, 5.74) is 7.29. The number of rotatable bonds is 3. The lowest BCUT2D eigenvalue weighted by Gasteiger charge is -2.06. The second-order valence-electron chi connectivity index (χ2n) is 2.78. The molecule has 0 spiro atoms. The Bertz CT molecular complexity index is 434. The van der Waals surface area contributed by atoms with Gasteiger partial charge >= 0.3 is 6.03 Å². The normalized spacial score (nSPS) is 10.4. The van der Waals surface area contributed by atoms with Crippen LogP contribution in [0.25, 0.3) is 0 Å². The SMILES string of the molecule is COc1cc(I)cc(/C=N\NC(N)=O)c1O. The van der Waals surface area contributed by atoms with Crippen molar-refractivity contribution in [1.82, 2.24) is 5.43 Å². The van der Waals surface area contributed by atoms with Crippen molar-refractivity contribution in [3.8, 4) is 11.5 Å². The number of carbonyl (C=O) groups is 1. The molecule has 0 radical (unpaired) electrons. The summed E-state index contributed by atoms with van der Waals surface area (Å²) in [4.78, 5) is 10.4. The molecule has 0 bridgehead atoms. The molecule has 0 saturated heterocycles. The molecule has 6 nitrogen and oxygen atoms in total. The first-order valence-electron chi connectivity index (χ1n) is 4.19. The van der Waals surface area contributed by atoms with E-state index in [-0.39, 0.29) is 5.75 Å². The molecule has 4 N–H and O–H groups in total. The molecule has 0 saturated carbocycles. The molecule has 1 aromatic rings. The molecule has 2 amide bonds. The minimum Gasteiger partial charge on any atom is -0.504 e. The number of carbonyl (C=O) groups excluding carboxylic acids is 1. The largest absolute Gasteiger partial charge is 0.504 e. The molecular weight excluding hydrogens is 325 g/mol. The second kappa shape index (κ2) is 5.54. The number of nitrogens with two attached hydrogens (primary N) is 1. The minimum absolute atomic E-state index is 0.0436. The number of benzene rings is 1. The van der Waals surface area contributed by atoms with Crippen LogP contribution < -0.4 is 15.9 Å². The fourth-order valence-electron chi connectivity index (χ4n) is 1.01. The van der Waals surface area contributed by atoms with Crippen molar-refractivity contribution in [3.05, 3.63) is 21.3 Å². The second-order valence-corrected chi connectivity index (χ2v) is 4.03. The van der Waals surface area contributed by atoms with Crippen LogP contribution in [0, 0.1) is 3.57 Å². The van der Waals surface area contributed by atoms with Crippen LogP contribution in [0.1, 0.15) is 5.56 Å². The van der Waals surface area contributed by atoms with Crippen molar-refractivity contribution in [2.75, 3.05) is 7.11 Å². The van der Waals surface area contributed by atoms with Crippen LogP contribution in [0.5, 0.6) is 11.5 Å². The molecule has 0 aliphatic rings. The molecule has 0 aromatic heterocycles. The summed E-state index contributed by atoms with van der Waals surface area (Å²) in [6.07, 6.45) is 1.28. The van der Waals surface area contributed by atoms with E-state index in [4.69, 9.17) is 10.5 Å². The van der Waals surface area contributed by atoms with E-state index in [0.717, 1.165) is 3.57 Å². The summed E-state index contributed by atoms with van der Waals surface area (Å²) in [5, 5.41) is 13.3. The molecule has 1 aromatic carbocycles. The van der Waals surface area contributed by atoms with Crippen molar-refractivity contribution < 1.29 is 14.6 Å². The molecule has 0 atom stereocenters. The Morgan fingerprint density at radius 1 is 1.69 bits per heavy atom. The maximum Gasteiger partial charge on any atom is 0.332 e. The molecule has 1 rings (SSSR count). The number of primary amides is 1. The summed E-state index contributed by atoms with van der Waals surface area (Å²) in [5.74, 6) is 0.297. The number of phenols is 1. The van der Waals surface area contributed by atoms with E-state index in [1.54, 1.807) is 12.1 Å². The highest BCUT2D eigenvalue weighted by Gasteiger charge is 2.07. The van der Waals surface area contributed by atoms with Gasteiger partial charge in [0.1, 0.15) is 0 Å². The fraction of sp³-hybridized carbons (Fsp3) is 0.111. The van der Waals surface area contributed by atoms with Crippen molar-refractivity contribution in [2.24, 2.45) is 10.8 Å². The highest BCUT2D eigenvalue weighted by atomic mass is 127. The number of urea groups is 1. The number of aromatic hydroxyl groups is 1. The average Bonchev–Trinajstić information content (AvgIpc) is 2.22. The third-order valence-electron chi connectivity index (χ3n) is 1.67. The molecule has 7 heteroatoms. The Kier molecular flexibility index (Phi) is 4.35. The van der Waals surface area contributed by atoms with Crippen LogP contribution in [0.4, 0.5) is 4.79 Å². The Labute approximate surface area is 106 Å². The third kappa shape index (κ3) is 3.26. The number of methoxy groups -OCH3 is 1. The summed E-state index contributed by atoms with van der Waals surface area (Å²) < 4.78 is 5.83. The van der Waals surface area contributed by atoms with Crippen molar-refractivity contribution in [2.45, 2.75) is 0 Å². The van der Waals surface area contributed by atoms with E-state index in [2.05, 4.69) is 27.7 Å². The summed E-state index contributed by atoms with van der Waals surface area (Å²) in [6.45, 7) is 0. The lowest BCUT2D eigenvalue weighted by molar-refractivity contribution is 0.249. The summed E-state index contributed by atoms with van der Waals surface area (Å²) in [7, 11) is 1.45. The van der Waals surface area contributed by atoms with Gasteiger partial charge in [0.15, 0.2) is 11.5 Å². The van der Waals surface area contributed by atoms with Gasteiger partial charge in [-0.3, -0.25) is 0 Å². The molecule has 0 fully saturated rings. The number of amides is 2. The van der Waals surface area contributed by atoms with E-state index in [9.17, 15) is 9.90 Å². The topological polar surface area (TPSA) is 96.9 Å². The van der Waals surface area contributed by atoms with Crippen molar-refractivity contribution >= 4 is 34.8 Å². The van der Waals surface area contributed by atoms with Gasteiger partial charge in [0.25, 0.3) is 0 Å². The van der Waals surface area contributed by atoms with Gasteiger partial charge in [0, 0.05) is 9.13 Å². The fourth-order valence-corrected chi connectivity index (χ4v) is 1.63. The van der Waals surface area contributed by atoms with E-state index >= 15 is 0 Å². The molecule has 0 aliphatic heterocycles. The lowest BCUT2D eigenvalue weighted by Crippen LogP contribution is -2.24. The Morgan fingerprint density at radius 2 is 2.38 bits per heavy atom. The zero-order valence-corrected chi connectivity index (χ0v) is 10.6. The van der Waals surface area contributed by atoms with Crippen molar-refractivity contribution in [1.29, 1.82) is 0 Å². The summed E-state index contributed by atoms with van der Waals surface area (Å²) in [6, 6.07) is 2.59. The van der Waals surface area contributed by atoms with Gasteiger partial charge in [-0.25, -0.2) is 10.2 Å². The zero-order valence-electron chi connectivity index (χ0n) is 8.40. The van der Waals surface area contributed by atoms with E-state index in [1.807, 2.05) is 5.43 Å². The predicted octanol–water partition coefficient (Wildman–Crippen LogP) is 1.01. The number of ether oxygens (including phenoxy) is 1. The maximum absolute atomic E-state index is 10.4. The monoisotopic (exact) mass is 335 g/mol. The zero-order chi connectivity index (χ0) is 12.1. The number of halogens is 1. The third-order valence-corrected chi connectivity index (χ3v) is 2.29. The van der Waals surface area contributed by atoms with Gasteiger partial charge in [-0.05, 0) is 34.7 Å². The number of nitrogens with zero attached hydrogens (tertiary/aromatic N) is 1. The van der Waals surface area contributed by atoms with Crippen LogP contribution in [-0.2, 0) is 0 Å². The first-order valence-corrected chi connectivity index (χ1v) is 5.27. The summed E-state index contributed by atoms with van der Waals surface area (Å²) >= 11 is 2.07. The van der Waals surface area contributed by atoms with Crippen LogP contribution >= 0.6 is 22.6 Å². The molecule has 0 heterocycles. The number of hydrogen-bond acceptors (Lipinski definition) is 4. The van der Waals surface area contributed by atoms with Gasteiger partial charge in [0.2, 0.25) is 0 Å². The maximum atomic E-state index is 10.4. The quantitative estimate of drug-likeness (QED) is 0.437. The van der Waals surface area contributed by atoms with Gasteiger partial charge in [0.05, 0.1) is 13.3 Å². The first kappa shape index (κ1) is 12.6. The number of hydrazone groups is 1. The van der Waals surface area contributed by atoms with Gasteiger partial charge in [-0.2, -0.15) is 5.10 Å². The van der Waals surface area contributed by atoms with Crippen molar-refractivity contribution in [3.63, 3.8) is 0 Å². The Balaban J connectivity index is 2.99. The van der Waals surface area contributed by atoms with Gasteiger partial charge in [-0.1, -0.05) is 0 Å². The Hall–Kier alpha value is -1.51. The molecular formula is C9H10IN3O3. The highest BCUT2D eigenvalue weighted by Crippen LogP contribution is 2.30. The predicted molar refractivity (Wildman–Crippen MR) is 67.7 cm³/mol. The highest BCUT2D eigenvalue weighted by molar-refractivity contribution is 14.1. The van der Waals surface area contributed by atoms with Crippen LogP contribution in [0.3, 0.4) is 0 Å². The molecule has 0 unspecified atom stereocenters. The number of phenolic OH excluding ortho intramolecular Hbond substituents is 1. The lowest BCUT2D eigenvalue weighted by atomic mass is 10.2. The first-order chi connectivity index (χ1) is 7.54. The minimum atomic E-state index is -0.770. The molecule has 86 valence electrons. The molecule has 0 aliphatic carbocycles. The Morgan fingerprint density at radius 3 is 2.94 bits per heavy atom. The van der Waals surface area contributed by atoms with Crippen LogP contribution in [-0.4, -0.2) is 24.5 Å². The van der Waals surface area contributed by atoms with Crippen LogP contribution in [0.15, 0.2) is 17.2 Å². The van der Waals surface area contributed by atoms with Gasteiger partial charge in [-0.15, -0.1) is 0 Å². The van der Waals surface area contributed by atoms with E-state index in [1.165, 1.54) is 13.3 Å². The van der Waals surface area contributed by atoms with E-state index in [0.29, 0.717) is 11.3 Å². The number of hydrogen-bond donors (Lipinski definition) is 3. The van der Waals surface area contributed by atoms with E-state index < -0.39 is 6.03 Å². The standard InChI is InChI=1S/C9H10IN3O3/c1-16-7-3-6(10)2-5(8(7)14)4-12-13-9(11)15/h2-4,14H,1H3,(H3,11,13,15)/b12-4-. The van der Waals surface area contributed by atoms with Crippen LogP contribution in [0.2, 0.25) is 0 Å².